The highest BCUT2D eigenvalue weighted by molar-refractivity contribution is 5.91. The molecule has 154 valence electrons. The van der Waals surface area contributed by atoms with E-state index in [0.29, 0.717) is 18.3 Å². The second kappa shape index (κ2) is 6.70. The first kappa shape index (κ1) is 19.7. The van der Waals surface area contributed by atoms with Crippen molar-refractivity contribution in [2.45, 2.75) is 84.8 Å². The molecular formula is C23H32O5. The van der Waals surface area contributed by atoms with E-state index >= 15 is 0 Å². The molecule has 3 saturated carbocycles. The predicted molar refractivity (Wildman–Crippen MR) is 103 cm³/mol. The average molecular weight is 389 g/mol. The molecule has 5 heteroatoms. The molecule has 0 amide bonds. The summed E-state index contributed by atoms with van der Waals surface area (Å²) in [5, 5.41) is 0. The van der Waals surface area contributed by atoms with Gasteiger partial charge in [-0.3, -0.25) is 14.4 Å². The van der Waals surface area contributed by atoms with Crippen LogP contribution >= 0.6 is 0 Å². The molecule has 5 nitrogen and oxygen atoms in total. The fourth-order valence-electron chi connectivity index (χ4n) is 7.32. The van der Waals surface area contributed by atoms with E-state index in [4.69, 9.17) is 9.47 Å². The molecule has 0 unspecified atom stereocenters. The lowest BCUT2D eigenvalue weighted by Crippen LogP contribution is -2.58. The Labute approximate surface area is 167 Å². The van der Waals surface area contributed by atoms with Crippen molar-refractivity contribution in [2.75, 3.05) is 0 Å². The summed E-state index contributed by atoms with van der Waals surface area (Å²) in [7, 11) is 0. The third-order valence-corrected chi connectivity index (χ3v) is 8.41. The summed E-state index contributed by atoms with van der Waals surface area (Å²) in [5.41, 5.74) is 1.01. The summed E-state index contributed by atoms with van der Waals surface area (Å²) in [6.07, 6.45) is 7.62. The van der Waals surface area contributed by atoms with Crippen LogP contribution in [0.3, 0.4) is 0 Å². The molecule has 7 atom stereocenters. The zero-order chi connectivity index (χ0) is 20.3. The SMILES string of the molecule is CC(=O)O[C@H]1C[C@]2(C)[C@@H](OC(C)=O)CC[C@H]2[C@@H]2CCC3=CC(=O)CC[C@]3(C)[C@H]21. The quantitative estimate of drug-likeness (QED) is 0.669. The van der Waals surface area contributed by atoms with Gasteiger partial charge in [0.25, 0.3) is 0 Å². The molecule has 4 aliphatic carbocycles. The first-order valence-electron chi connectivity index (χ1n) is 10.7. The lowest BCUT2D eigenvalue weighted by molar-refractivity contribution is -0.185. The largest absolute Gasteiger partial charge is 0.462 e. The van der Waals surface area contributed by atoms with Gasteiger partial charge in [-0.1, -0.05) is 19.4 Å². The van der Waals surface area contributed by atoms with E-state index in [9.17, 15) is 14.4 Å². The highest BCUT2D eigenvalue weighted by Gasteiger charge is 2.63. The van der Waals surface area contributed by atoms with Crippen molar-refractivity contribution in [3.63, 3.8) is 0 Å². The van der Waals surface area contributed by atoms with Crippen molar-refractivity contribution in [1.29, 1.82) is 0 Å². The van der Waals surface area contributed by atoms with Gasteiger partial charge in [0, 0.05) is 31.6 Å². The van der Waals surface area contributed by atoms with Crippen LogP contribution in [0, 0.1) is 28.6 Å². The first-order valence-corrected chi connectivity index (χ1v) is 10.7. The van der Waals surface area contributed by atoms with E-state index < -0.39 is 0 Å². The Morgan fingerprint density at radius 3 is 2.43 bits per heavy atom. The van der Waals surface area contributed by atoms with Crippen LogP contribution in [0.2, 0.25) is 0 Å². The van der Waals surface area contributed by atoms with E-state index in [1.54, 1.807) is 0 Å². The molecule has 0 spiro atoms. The Morgan fingerprint density at radius 2 is 1.75 bits per heavy atom. The van der Waals surface area contributed by atoms with Crippen LogP contribution in [0.5, 0.6) is 0 Å². The third kappa shape index (κ3) is 2.93. The highest BCUT2D eigenvalue weighted by atomic mass is 16.6. The summed E-state index contributed by atoms with van der Waals surface area (Å²) in [6.45, 7) is 7.46. The molecular weight excluding hydrogens is 356 g/mol. The van der Waals surface area contributed by atoms with Gasteiger partial charge in [-0.2, -0.15) is 0 Å². The number of esters is 2. The number of hydrogen-bond acceptors (Lipinski definition) is 5. The Morgan fingerprint density at radius 1 is 1.04 bits per heavy atom. The minimum atomic E-state index is -0.251. The van der Waals surface area contributed by atoms with Crippen molar-refractivity contribution in [3.05, 3.63) is 11.6 Å². The molecule has 4 aliphatic rings. The molecule has 3 fully saturated rings. The number of carbonyl (C=O) groups is 3. The predicted octanol–water partition coefficient (Wildman–Crippen LogP) is 3.99. The molecule has 0 bridgehead atoms. The maximum Gasteiger partial charge on any atom is 0.302 e. The molecule has 0 aromatic carbocycles. The summed E-state index contributed by atoms with van der Waals surface area (Å²) in [5.74, 6) is 0.873. The summed E-state index contributed by atoms with van der Waals surface area (Å²) < 4.78 is 11.7. The molecule has 28 heavy (non-hydrogen) atoms. The standard InChI is InChI=1S/C23H32O5/c1-13(24)27-19-12-23(4)18(7-8-20(23)28-14(2)25)17-6-5-15-11-16(26)9-10-22(15,3)21(17)19/h11,17-21H,5-10,12H2,1-4H3/t17-,18-,19-,20-,21+,22-,23-/m0/s1. The van der Waals surface area contributed by atoms with E-state index in [-0.39, 0.29) is 46.7 Å². The second-order valence-corrected chi connectivity index (χ2v) is 9.92. The Hall–Kier alpha value is -1.65. The van der Waals surface area contributed by atoms with E-state index in [0.717, 1.165) is 38.5 Å². The third-order valence-electron chi connectivity index (χ3n) is 8.41. The molecule has 4 rings (SSSR count). The van der Waals surface area contributed by atoms with E-state index in [1.165, 1.54) is 19.4 Å². The molecule has 0 N–H and O–H groups in total. The van der Waals surface area contributed by atoms with Gasteiger partial charge < -0.3 is 9.47 Å². The van der Waals surface area contributed by atoms with Crippen molar-refractivity contribution in [2.24, 2.45) is 28.6 Å². The van der Waals surface area contributed by atoms with Gasteiger partial charge >= 0.3 is 11.9 Å². The summed E-state index contributed by atoms with van der Waals surface area (Å²) in [4.78, 5) is 35.7. The fourth-order valence-corrected chi connectivity index (χ4v) is 7.32. The zero-order valence-corrected chi connectivity index (χ0v) is 17.5. The van der Waals surface area contributed by atoms with Gasteiger partial charge in [-0.15, -0.1) is 0 Å². The monoisotopic (exact) mass is 388 g/mol. The van der Waals surface area contributed by atoms with Crippen molar-refractivity contribution in [1.82, 2.24) is 0 Å². The van der Waals surface area contributed by atoms with Crippen LogP contribution in [0.25, 0.3) is 0 Å². The number of rotatable bonds is 2. The topological polar surface area (TPSA) is 69.7 Å². The minimum absolute atomic E-state index is 0.0855. The summed E-state index contributed by atoms with van der Waals surface area (Å²) >= 11 is 0. The molecule has 0 aliphatic heterocycles. The van der Waals surface area contributed by atoms with Gasteiger partial charge in [0.15, 0.2) is 5.78 Å². The van der Waals surface area contributed by atoms with Crippen LogP contribution in [-0.4, -0.2) is 29.9 Å². The van der Waals surface area contributed by atoms with Crippen molar-refractivity contribution in [3.8, 4) is 0 Å². The number of fused-ring (bicyclic) bond motifs is 5. The lowest BCUT2D eigenvalue weighted by Gasteiger charge is -2.59. The van der Waals surface area contributed by atoms with Gasteiger partial charge in [0.1, 0.15) is 12.2 Å². The Kier molecular flexibility index (Phi) is 4.71. The Balaban J connectivity index is 1.73. The first-order chi connectivity index (χ1) is 13.1. The fraction of sp³-hybridized carbons (Fsp3) is 0.783. The van der Waals surface area contributed by atoms with E-state index in [1.807, 2.05) is 6.08 Å². The van der Waals surface area contributed by atoms with Crippen molar-refractivity contribution < 1.29 is 23.9 Å². The number of ether oxygens (including phenoxy) is 2. The van der Waals surface area contributed by atoms with Crippen molar-refractivity contribution >= 4 is 17.7 Å². The van der Waals surface area contributed by atoms with Crippen LogP contribution in [0.15, 0.2) is 11.6 Å². The maximum atomic E-state index is 12.0. The molecule has 0 radical (unpaired) electrons. The number of ketones is 1. The minimum Gasteiger partial charge on any atom is -0.462 e. The van der Waals surface area contributed by atoms with Gasteiger partial charge in [-0.25, -0.2) is 0 Å². The smallest absolute Gasteiger partial charge is 0.302 e. The Bertz CT molecular complexity index is 739. The number of carbonyl (C=O) groups excluding carboxylic acids is 3. The zero-order valence-electron chi connectivity index (χ0n) is 17.5. The average Bonchev–Trinajstić information content (AvgIpc) is 2.90. The number of allylic oxidation sites excluding steroid dienone is 1. The molecule has 0 aromatic heterocycles. The van der Waals surface area contributed by atoms with E-state index in [2.05, 4.69) is 13.8 Å². The second-order valence-electron chi connectivity index (χ2n) is 9.92. The maximum absolute atomic E-state index is 12.0. The van der Waals surface area contributed by atoms with Crippen LogP contribution in [0.1, 0.15) is 72.6 Å². The highest BCUT2D eigenvalue weighted by Crippen LogP contribution is 2.66. The summed E-state index contributed by atoms with van der Waals surface area (Å²) in [6, 6.07) is 0. The van der Waals surface area contributed by atoms with Gasteiger partial charge in [-0.05, 0) is 61.9 Å². The van der Waals surface area contributed by atoms with Crippen LogP contribution < -0.4 is 0 Å². The normalized spacial score (nSPS) is 44.6. The number of hydrogen-bond donors (Lipinski definition) is 0. The van der Waals surface area contributed by atoms with Crippen LogP contribution in [-0.2, 0) is 23.9 Å². The van der Waals surface area contributed by atoms with Gasteiger partial charge in [0.05, 0.1) is 0 Å². The van der Waals surface area contributed by atoms with Crippen LogP contribution in [0.4, 0.5) is 0 Å². The van der Waals surface area contributed by atoms with Gasteiger partial charge in [0.2, 0.25) is 0 Å². The molecule has 0 aromatic rings. The lowest BCUT2D eigenvalue weighted by atomic mass is 9.46. The molecule has 0 saturated heterocycles. The molecule has 0 heterocycles.